The van der Waals surface area contributed by atoms with E-state index in [9.17, 15) is 26.4 Å². The lowest BCUT2D eigenvalue weighted by atomic mass is 10.2. The first-order chi connectivity index (χ1) is 13.5. The summed E-state index contributed by atoms with van der Waals surface area (Å²) in [5.74, 6) is -0.0261. The SMILES string of the molecule is COc1cccc(N(CCCC(=O)Nc2cccc(C(F)(F)F)c2)S(C)(=O)=O)c1. The highest BCUT2D eigenvalue weighted by Gasteiger charge is 2.30. The Balaban J connectivity index is 2.00. The predicted octanol–water partition coefficient (Wildman–Crippen LogP) is 3.90. The Hall–Kier alpha value is -2.75. The molecule has 0 fully saturated rings. The van der Waals surface area contributed by atoms with Crippen LogP contribution < -0.4 is 14.4 Å². The van der Waals surface area contributed by atoms with Gasteiger partial charge in [-0.05, 0) is 36.8 Å². The number of rotatable bonds is 8. The van der Waals surface area contributed by atoms with Crippen molar-refractivity contribution in [3.63, 3.8) is 0 Å². The van der Waals surface area contributed by atoms with E-state index >= 15 is 0 Å². The van der Waals surface area contributed by atoms with Crippen LogP contribution in [0.25, 0.3) is 0 Å². The second-order valence-electron chi connectivity index (χ2n) is 6.27. The second-order valence-corrected chi connectivity index (χ2v) is 8.17. The molecule has 10 heteroatoms. The smallest absolute Gasteiger partial charge is 0.416 e. The normalized spacial score (nSPS) is 11.8. The van der Waals surface area contributed by atoms with Crippen LogP contribution in [-0.2, 0) is 21.0 Å². The monoisotopic (exact) mass is 430 g/mol. The van der Waals surface area contributed by atoms with E-state index in [0.29, 0.717) is 11.4 Å². The number of amides is 1. The first-order valence-corrected chi connectivity index (χ1v) is 10.4. The van der Waals surface area contributed by atoms with E-state index in [1.54, 1.807) is 24.3 Å². The number of nitrogens with one attached hydrogen (secondary N) is 1. The number of halogens is 3. The van der Waals surface area contributed by atoms with Gasteiger partial charge in [0.2, 0.25) is 15.9 Å². The van der Waals surface area contributed by atoms with Gasteiger partial charge in [-0.3, -0.25) is 9.10 Å². The van der Waals surface area contributed by atoms with Crippen LogP contribution in [0.1, 0.15) is 18.4 Å². The van der Waals surface area contributed by atoms with E-state index in [0.717, 1.165) is 22.7 Å². The lowest BCUT2D eigenvalue weighted by molar-refractivity contribution is -0.137. The maximum atomic E-state index is 12.7. The molecule has 0 bridgehead atoms. The van der Waals surface area contributed by atoms with Crippen molar-refractivity contribution < 1.29 is 31.1 Å². The number of carbonyl (C=O) groups excluding carboxylic acids is 1. The number of anilines is 2. The Morgan fingerprint density at radius 3 is 2.45 bits per heavy atom. The molecular formula is C19H21F3N2O4S. The molecule has 0 saturated carbocycles. The molecule has 0 aromatic heterocycles. The van der Waals surface area contributed by atoms with Crippen molar-refractivity contribution in [2.45, 2.75) is 19.0 Å². The van der Waals surface area contributed by atoms with Gasteiger partial charge in [0.05, 0.1) is 24.6 Å². The Kier molecular flexibility index (Phi) is 7.12. The summed E-state index contributed by atoms with van der Waals surface area (Å²) in [6.45, 7) is 0.0298. The van der Waals surface area contributed by atoms with Crippen molar-refractivity contribution >= 4 is 27.3 Å². The minimum atomic E-state index is -4.51. The van der Waals surface area contributed by atoms with Crippen LogP contribution in [0.4, 0.5) is 24.5 Å². The molecule has 0 aliphatic heterocycles. The van der Waals surface area contributed by atoms with Gasteiger partial charge < -0.3 is 10.1 Å². The van der Waals surface area contributed by atoms with Gasteiger partial charge in [0.15, 0.2) is 0 Å². The Morgan fingerprint density at radius 1 is 1.14 bits per heavy atom. The Bertz CT molecular complexity index is 962. The fourth-order valence-electron chi connectivity index (χ4n) is 2.63. The van der Waals surface area contributed by atoms with Gasteiger partial charge in [0.25, 0.3) is 0 Å². The molecule has 1 N–H and O–H groups in total. The number of hydrogen-bond donors (Lipinski definition) is 1. The average Bonchev–Trinajstić information content (AvgIpc) is 2.64. The third kappa shape index (κ3) is 6.67. The average molecular weight is 430 g/mol. The van der Waals surface area contributed by atoms with Crippen molar-refractivity contribution in [3.05, 3.63) is 54.1 Å². The quantitative estimate of drug-likeness (QED) is 0.689. The standard InChI is InChI=1S/C19H21F3N2O4S/c1-28-17-9-4-8-16(13-17)24(29(2,26)27)11-5-10-18(25)23-15-7-3-6-14(12-15)19(20,21)22/h3-4,6-9,12-13H,5,10-11H2,1-2H3,(H,23,25). The van der Waals surface area contributed by atoms with Crippen LogP contribution in [0.2, 0.25) is 0 Å². The van der Waals surface area contributed by atoms with Gasteiger partial charge in [0, 0.05) is 24.7 Å². The molecule has 0 aliphatic rings. The highest BCUT2D eigenvalue weighted by molar-refractivity contribution is 7.92. The molecule has 0 saturated heterocycles. The maximum Gasteiger partial charge on any atom is 0.416 e. The van der Waals surface area contributed by atoms with Gasteiger partial charge in [-0.25, -0.2) is 8.42 Å². The fraction of sp³-hybridized carbons (Fsp3) is 0.316. The molecule has 2 aromatic carbocycles. The third-order valence-electron chi connectivity index (χ3n) is 3.98. The van der Waals surface area contributed by atoms with Gasteiger partial charge in [-0.1, -0.05) is 12.1 Å². The van der Waals surface area contributed by atoms with Crippen molar-refractivity contribution in [2.24, 2.45) is 0 Å². The van der Waals surface area contributed by atoms with Crippen molar-refractivity contribution in [1.29, 1.82) is 0 Å². The number of ether oxygens (including phenoxy) is 1. The van der Waals surface area contributed by atoms with Crippen molar-refractivity contribution in [3.8, 4) is 5.75 Å². The van der Waals surface area contributed by atoms with Gasteiger partial charge in [-0.15, -0.1) is 0 Å². The third-order valence-corrected chi connectivity index (χ3v) is 5.17. The summed E-state index contributed by atoms with van der Waals surface area (Å²) in [5, 5.41) is 2.40. The highest BCUT2D eigenvalue weighted by Crippen LogP contribution is 2.30. The molecule has 29 heavy (non-hydrogen) atoms. The van der Waals surface area contributed by atoms with Gasteiger partial charge in [0.1, 0.15) is 5.75 Å². The topological polar surface area (TPSA) is 75.7 Å². The van der Waals surface area contributed by atoms with Crippen LogP contribution in [0, 0.1) is 0 Å². The molecular weight excluding hydrogens is 409 g/mol. The van der Waals surface area contributed by atoms with Crippen molar-refractivity contribution in [2.75, 3.05) is 29.5 Å². The molecule has 0 radical (unpaired) electrons. The first-order valence-electron chi connectivity index (χ1n) is 8.59. The van der Waals surface area contributed by atoms with E-state index in [1.807, 2.05) is 0 Å². The van der Waals surface area contributed by atoms with Crippen LogP contribution in [0.15, 0.2) is 48.5 Å². The zero-order chi connectivity index (χ0) is 21.7. The predicted molar refractivity (Wildman–Crippen MR) is 104 cm³/mol. The Morgan fingerprint density at radius 2 is 1.83 bits per heavy atom. The minimum Gasteiger partial charge on any atom is -0.497 e. The summed E-state index contributed by atoms with van der Waals surface area (Å²) in [4.78, 5) is 12.1. The molecule has 2 aromatic rings. The van der Waals surface area contributed by atoms with Crippen molar-refractivity contribution in [1.82, 2.24) is 0 Å². The van der Waals surface area contributed by atoms with Crippen LogP contribution >= 0.6 is 0 Å². The molecule has 2 rings (SSSR count). The second kappa shape index (κ2) is 9.17. The first kappa shape index (κ1) is 22.5. The highest BCUT2D eigenvalue weighted by atomic mass is 32.2. The number of benzene rings is 2. The molecule has 0 spiro atoms. The molecule has 6 nitrogen and oxygen atoms in total. The van der Waals surface area contributed by atoms with Crippen LogP contribution in [0.3, 0.4) is 0 Å². The zero-order valence-electron chi connectivity index (χ0n) is 15.9. The summed E-state index contributed by atoms with van der Waals surface area (Å²) >= 11 is 0. The number of sulfonamides is 1. The fourth-order valence-corrected chi connectivity index (χ4v) is 3.59. The number of alkyl halides is 3. The lowest BCUT2D eigenvalue weighted by Gasteiger charge is -2.22. The number of hydrogen-bond acceptors (Lipinski definition) is 4. The summed E-state index contributed by atoms with van der Waals surface area (Å²) < 4.78 is 68.7. The molecule has 158 valence electrons. The molecule has 0 atom stereocenters. The Labute approximate surface area is 167 Å². The van der Waals surface area contributed by atoms with E-state index in [-0.39, 0.29) is 25.1 Å². The summed E-state index contributed by atoms with van der Waals surface area (Å²) in [5.41, 5.74) is -0.445. The largest absolute Gasteiger partial charge is 0.497 e. The molecule has 0 heterocycles. The van der Waals surface area contributed by atoms with Crippen LogP contribution in [0.5, 0.6) is 5.75 Å². The van der Waals surface area contributed by atoms with E-state index in [4.69, 9.17) is 4.74 Å². The van der Waals surface area contributed by atoms with Gasteiger partial charge >= 0.3 is 6.18 Å². The number of carbonyl (C=O) groups is 1. The van der Waals surface area contributed by atoms with Crippen LogP contribution in [-0.4, -0.2) is 34.2 Å². The molecule has 1 amide bonds. The summed E-state index contributed by atoms with van der Waals surface area (Å²) in [6.07, 6.45) is -3.34. The maximum absolute atomic E-state index is 12.7. The minimum absolute atomic E-state index is 0.0255. The van der Waals surface area contributed by atoms with E-state index in [2.05, 4.69) is 5.32 Å². The summed E-state index contributed by atoms with van der Waals surface area (Å²) in [7, 11) is -2.14. The van der Waals surface area contributed by atoms with E-state index in [1.165, 1.54) is 19.2 Å². The number of methoxy groups -OCH3 is 1. The molecule has 0 unspecified atom stereocenters. The van der Waals surface area contributed by atoms with E-state index < -0.39 is 27.7 Å². The number of nitrogens with zero attached hydrogens (tertiary/aromatic N) is 1. The lowest BCUT2D eigenvalue weighted by Crippen LogP contribution is -2.31. The summed E-state index contributed by atoms with van der Waals surface area (Å²) in [6, 6.07) is 10.8. The zero-order valence-corrected chi connectivity index (χ0v) is 16.7. The van der Waals surface area contributed by atoms with Gasteiger partial charge in [-0.2, -0.15) is 13.2 Å². The molecule has 0 aliphatic carbocycles.